The summed E-state index contributed by atoms with van der Waals surface area (Å²) in [6.45, 7) is 1.85. The number of benzene rings is 1. The monoisotopic (exact) mass is 249 g/mol. The molecule has 0 bridgehead atoms. The molecule has 0 amide bonds. The van der Waals surface area contributed by atoms with Crippen molar-refractivity contribution in [2.24, 2.45) is 5.73 Å². The van der Waals surface area contributed by atoms with Crippen molar-refractivity contribution in [2.45, 2.75) is 18.3 Å². The maximum absolute atomic E-state index is 13.7. The van der Waals surface area contributed by atoms with Crippen molar-refractivity contribution >= 4 is 11.0 Å². The van der Waals surface area contributed by atoms with Crippen LogP contribution in [0.5, 0.6) is 0 Å². The van der Waals surface area contributed by atoms with E-state index in [0.717, 1.165) is 24.2 Å². The number of hydrogen-bond acceptors (Lipinski definition) is 3. The zero-order valence-electron chi connectivity index (χ0n) is 10.1. The number of nitrogens with zero attached hydrogens (tertiary/aromatic N) is 1. The number of hydrogen-bond donors (Lipinski definition) is 2. The van der Waals surface area contributed by atoms with Crippen molar-refractivity contribution in [1.82, 2.24) is 9.97 Å². The Labute approximate surface area is 104 Å². The first kappa shape index (κ1) is 11.6. The van der Waals surface area contributed by atoms with Gasteiger partial charge in [0.2, 0.25) is 0 Å². The van der Waals surface area contributed by atoms with Crippen molar-refractivity contribution in [1.29, 1.82) is 0 Å². The summed E-state index contributed by atoms with van der Waals surface area (Å²) in [6, 6.07) is 4.93. The van der Waals surface area contributed by atoms with Crippen molar-refractivity contribution in [3.05, 3.63) is 29.8 Å². The van der Waals surface area contributed by atoms with Gasteiger partial charge in [0.1, 0.15) is 11.3 Å². The fourth-order valence-electron chi connectivity index (χ4n) is 2.55. The Kier molecular flexibility index (Phi) is 2.80. The van der Waals surface area contributed by atoms with Crippen LogP contribution in [-0.2, 0) is 10.2 Å². The van der Waals surface area contributed by atoms with Crippen molar-refractivity contribution in [3.63, 3.8) is 0 Å². The van der Waals surface area contributed by atoms with Gasteiger partial charge < -0.3 is 15.5 Å². The van der Waals surface area contributed by atoms with Gasteiger partial charge in [0.05, 0.1) is 5.52 Å². The second kappa shape index (κ2) is 4.33. The molecule has 0 radical (unpaired) electrons. The van der Waals surface area contributed by atoms with Gasteiger partial charge in [-0.1, -0.05) is 6.07 Å². The SMILES string of the molecule is NCC1(c2nc3c(F)cccc3[nH]2)CCOCC1. The molecule has 18 heavy (non-hydrogen) atoms. The van der Waals surface area contributed by atoms with Crippen LogP contribution in [0, 0.1) is 5.82 Å². The average Bonchev–Trinajstić information content (AvgIpc) is 2.85. The highest BCUT2D eigenvalue weighted by Crippen LogP contribution is 2.33. The lowest BCUT2D eigenvalue weighted by Crippen LogP contribution is -2.41. The number of nitrogens with two attached hydrogens (primary N) is 1. The highest BCUT2D eigenvalue weighted by Gasteiger charge is 2.36. The minimum absolute atomic E-state index is 0.205. The second-order valence-electron chi connectivity index (χ2n) is 4.82. The summed E-state index contributed by atoms with van der Waals surface area (Å²) in [4.78, 5) is 7.62. The fourth-order valence-corrected chi connectivity index (χ4v) is 2.55. The van der Waals surface area contributed by atoms with Crippen LogP contribution >= 0.6 is 0 Å². The van der Waals surface area contributed by atoms with Crippen LogP contribution in [0.25, 0.3) is 11.0 Å². The predicted molar refractivity (Wildman–Crippen MR) is 66.8 cm³/mol. The molecule has 3 N–H and O–H groups in total. The van der Waals surface area contributed by atoms with E-state index in [2.05, 4.69) is 9.97 Å². The number of aromatic nitrogens is 2. The standard InChI is InChI=1S/C13H16FN3O/c14-9-2-1-3-10-11(9)17-12(16-10)13(8-15)4-6-18-7-5-13/h1-3H,4-8,15H2,(H,16,17). The number of para-hydroxylation sites is 1. The maximum atomic E-state index is 13.7. The minimum Gasteiger partial charge on any atom is -0.381 e. The normalized spacial score (nSPS) is 19.2. The summed E-state index contributed by atoms with van der Waals surface area (Å²) in [5, 5.41) is 0. The Hall–Kier alpha value is -1.46. The minimum atomic E-state index is -0.297. The van der Waals surface area contributed by atoms with Crippen LogP contribution in [0.4, 0.5) is 4.39 Å². The fraction of sp³-hybridized carbons (Fsp3) is 0.462. The van der Waals surface area contributed by atoms with E-state index in [-0.39, 0.29) is 11.2 Å². The maximum Gasteiger partial charge on any atom is 0.151 e. The lowest BCUT2D eigenvalue weighted by molar-refractivity contribution is 0.0503. The summed E-state index contributed by atoms with van der Waals surface area (Å²) < 4.78 is 19.0. The first-order valence-corrected chi connectivity index (χ1v) is 6.18. The number of halogens is 1. The average molecular weight is 249 g/mol. The van der Waals surface area contributed by atoms with Crippen LogP contribution < -0.4 is 5.73 Å². The van der Waals surface area contributed by atoms with E-state index in [1.54, 1.807) is 6.07 Å². The van der Waals surface area contributed by atoms with Gasteiger partial charge in [-0.3, -0.25) is 0 Å². The van der Waals surface area contributed by atoms with E-state index in [4.69, 9.17) is 10.5 Å². The van der Waals surface area contributed by atoms with Gasteiger partial charge in [0, 0.05) is 25.2 Å². The van der Waals surface area contributed by atoms with Gasteiger partial charge in [0.25, 0.3) is 0 Å². The predicted octanol–water partition coefficient (Wildman–Crippen LogP) is 1.71. The second-order valence-corrected chi connectivity index (χ2v) is 4.82. The highest BCUT2D eigenvalue weighted by molar-refractivity contribution is 5.75. The third-order valence-electron chi connectivity index (χ3n) is 3.81. The Balaban J connectivity index is 2.09. The molecule has 2 heterocycles. The van der Waals surface area contributed by atoms with Gasteiger partial charge in [-0.25, -0.2) is 9.37 Å². The zero-order valence-corrected chi connectivity index (χ0v) is 10.1. The smallest absolute Gasteiger partial charge is 0.151 e. The molecule has 1 aliphatic heterocycles. The molecule has 0 spiro atoms. The van der Waals surface area contributed by atoms with Crippen LogP contribution in [0.1, 0.15) is 18.7 Å². The van der Waals surface area contributed by atoms with Crippen molar-refractivity contribution in [2.75, 3.05) is 19.8 Å². The molecule has 0 aliphatic carbocycles. The number of H-pyrrole nitrogens is 1. The number of rotatable bonds is 2. The molecule has 4 nitrogen and oxygen atoms in total. The van der Waals surface area contributed by atoms with Gasteiger partial charge >= 0.3 is 0 Å². The summed E-state index contributed by atoms with van der Waals surface area (Å²) in [6.07, 6.45) is 1.65. The van der Waals surface area contributed by atoms with E-state index in [9.17, 15) is 4.39 Å². The first-order valence-electron chi connectivity index (χ1n) is 6.18. The van der Waals surface area contributed by atoms with Crippen molar-refractivity contribution in [3.8, 4) is 0 Å². The third kappa shape index (κ3) is 1.71. The molecule has 1 aromatic carbocycles. The van der Waals surface area contributed by atoms with E-state index in [1.807, 2.05) is 6.07 Å². The van der Waals surface area contributed by atoms with E-state index >= 15 is 0 Å². The molecular weight excluding hydrogens is 233 g/mol. The van der Waals surface area contributed by atoms with Gasteiger partial charge in [-0.05, 0) is 25.0 Å². The highest BCUT2D eigenvalue weighted by atomic mass is 19.1. The molecule has 0 atom stereocenters. The van der Waals surface area contributed by atoms with Crippen LogP contribution in [0.15, 0.2) is 18.2 Å². The van der Waals surface area contributed by atoms with E-state index in [0.29, 0.717) is 25.3 Å². The molecule has 3 rings (SSSR count). The summed E-state index contributed by atoms with van der Waals surface area (Å²) in [5.74, 6) is 0.489. The molecule has 1 fully saturated rings. The van der Waals surface area contributed by atoms with Crippen LogP contribution in [0.2, 0.25) is 0 Å². The van der Waals surface area contributed by atoms with Gasteiger partial charge in [0.15, 0.2) is 5.82 Å². The molecule has 1 aromatic heterocycles. The topological polar surface area (TPSA) is 63.9 Å². The lowest BCUT2D eigenvalue weighted by Gasteiger charge is -2.34. The molecule has 0 unspecified atom stereocenters. The van der Waals surface area contributed by atoms with Crippen LogP contribution in [-0.4, -0.2) is 29.7 Å². The first-order chi connectivity index (χ1) is 8.75. The van der Waals surface area contributed by atoms with Crippen LogP contribution in [0.3, 0.4) is 0 Å². The summed E-state index contributed by atoms with van der Waals surface area (Å²) in [7, 11) is 0. The molecule has 0 saturated carbocycles. The lowest BCUT2D eigenvalue weighted by atomic mass is 9.79. The number of nitrogens with one attached hydrogen (secondary N) is 1. The molecule has 2 aromatic rings. The molecule has 5 heteroatoms. The van der Waals surface area contributed by atoms with E-state index in [1.165, 1.54) is 6.07 Å². The molecular formula is C13H16FN3O. The zero-order chi connectivity index (χ0) is 12.6. The summed E-state index contributed by atoms with van der Waals surface area (Å²) >= 11 is 0. The number of imidazole rings is 1. The molecule has 1 aliphatic rings. The molecule has 1 saturated heterocycles. The Bertz CT molecular complexity index is 560. The summed E-state index contributed by atoms with van der Waals surface area (Å²) in [5.41, 5.74) is 6.84. The number of aromatic amines is 1. The Morgan fingerprint density at radius 3 is 2.83 bits per heavy atom. The Morgan fingerprint density at radius 2 is 2.17 bits per heavy atom. The molecule has 96 valence electrons. The number of ether oxygens (including phenoxy) is 1. The van der Waals surface area contributed by atoms with E-state index < -0.39 is 0 Å². The van der Waals surface area contributed by atoms with Crippen molar-refractivity contribution < 1.29 is 9.13 Å². The largest absolute Gasteiger partial charge is 0.381 e. The quantitative estimate of drug-likeness (QED) is 0.851. The number of fused-ring (bicyclic) bond motifs is 1. The van der Waals surface area contributed by atoms with Gasteiger partial charge in [-0.2, -0.15) is 0 Å². The van der Waals surface area contributed by atoms with Gasteiger partial charge in [-0.15, -0.1) is 0 Å². The third-order valence-corrected chi connectivity index (χ3v) is 3.81. The Morgan fingerprint density at radius 1 is 1.39 bits per heavy atom.